The molecule has 0 aliphatic carbocycles. The van der Waals surface area contributed by atoms with Crippen molar-refractivity contribution in [2.45, 2.75) is 33.2 Å². The minimum atomic E-state index is 0.0841. The highest BCUT2D eigenvalue weighted by Gasteiger charge is 2.09. The van der Waals surface area contributed by atoms with Gasteiger partial charge in [0.05, 0.1) is 0 Å². The number of pyridine rings is 1. The van der Waals surface area contributed by atoms with Crippen molar-refractivity contribution in [3.63, 3.8) is 0 Å². The standard InChI is InChI=1S/C10H16N2/c1-8-6-5-7-9(11-8)12-10(2,3)4/h5-7H,1-4H3,(H,11,12). The topological polar surface area (TPSA) is 24.9 Å². The molecule has 2 nitrogen and oxygen atoms in total. The second-order valence-electron chi connectivity index (χ2n) is 4.04. The Labute approximate surface area is 74.0 Å². The predicted molar refractivity (Wildman–Crippen MR) is 52.3 cm³/mol. The van der Waals surface area contributed by atoms with Gasteiger partial charge in [0.25, 0.3) is 0 Å². The van der Waals surface area contributed by atoms with Crippen molar-refractivity contribution in [1.29, 1.82) is 0 Å². The molecule has 0 atom stereocenters. The number of rotatable bonds is 1. The molecule has 0 unspecified atom stereocenters. The number of nitrogens with one attached hydrogen (secondary N) is 1. The first-order valence-corrected chi connectivity index (χ1v) is 4.19. The number of aryl methyl sites for hydroxylation is 1. The summed E-state index contributed by atoms with van der Waals surface area (Å²) in [6.07, 6.45) is 0. The normalized spacial score (nSPS) is 11.3. The minimum Gasteiger partial charge on any atom is -0.365 e. The molecule has 12 heavy (non-hydrogen) atoms. The van der Waals surface area contributed by atoms with Gasteiger partial charge in [0, 0.05) is 11.2 Å². The SMILES string of the molecule is Cc1cccc(NC(C)(C)C)n1. The van der Waals surface area contributed by atoms with Crippen LogP contribution in [0.25, 0.3) is 0 Å². The molecule has 0 aliphatic rings. The van der Waals surface area contributed by atoms with Gasteiger partial charge in [0.1, 0.15) is 5.82 Å². The molecule has 1 aromatic heterocycles. The third-order valence-electron chi connectivity index (χ3n) is 1.39. The number of nitrogens with zero attached hydrogens (tertiary/aromatic N) is 1. The van der Waals surface area contributed by atoms with Gasteiger partial charge in [-0.2, -0.15) is 0 Å². The van der Waals surface area contributed by atoms with Crippen molar-refractivity contribution in [3.8, 4) is 0 Å². The van der Waals surface area contributed by atoms with Gasteiger partial charge >= 0.3 is 0 Å². The van der Waals surface area contributed by atoms with Gasteiger partial charge in [-0.05, 0) is 39.8 Å². The lowest BCUT2D eigenvalue weighted by Gasteiger charge is -2.21. The van der Waals surface area contributed by atoms with Crippen LogP contribution in [0.2, 0.25) is 0 Å². The fourth-order valence-electron chi connectivity index (χ4n) is 0.997. The molecule has 0 bridgehead atoms. The fourth-order valence-corrected chi connectivity index (χ4v) is 0.997. The molecule has 0 fully saturated rings. The van der Waals surface area contributed by atoms with Crippen molar-refractivity contribution in [3.05, 3.63) is 23.9 Å². The van der Waals surface area contributed by atoms with Crippen molar-refractivity contribution in [2.75, 3.05) is 5.32 Å². The molecule has 0 spiro atoms. The first-order chi connectivity index (χ1) is 5.47. The van der Waals surface area contributed by atoms with E-state index in [-0.39, 0.29) is 5.54 Å². The number of hydrogen-bond acceptors (Lipinski definition) is 2. The van der Waals surface area contributed by atoms with Gasteiger partial charge in [-0.3, -0.25) is 0 Å². The lowest BCUT2D eigenvalue weighted by atomic mass is 10.1. The van der Waals surface area contributed by atoms with E-state index >= 15 is 0 Å². The summed E-state index contributed by atoms with van der Waals surface area (Å²) in [6.45, 7) is 8.36. The maximum atomic E-state index is 4.35. The van der Waals surface area contributed by atoms with Crippen LogP contribution in [-0.2, 0) is 0 Å². The maximum Gasteiger partial charge on any atom is 0.126 e. The van der Waals surface area contributed by atoms with Crippen LogP contribution in [-0.4, -0.2) is 10.5 Å². The highest BCUT2D eigenvalue weighted by atomic mass is 15.0. The zero-order valence-corrected chi connectivity index (χ0v) is 8.18. The number of anilines is 1. The Hall–Kier alpha value is -1.05. The van der Waals surface area contributed by atoms with E-state index in [1.807, 2.05) is 25.1 Å². The first kappa shape index (κ1) is 9.04. The molecule has 1 aromatic rings. The molecule has 66 valence electrons. The van der Waals surface area contributed by atoms with E-state index in [2.05, 4.69) is 31.1 Å². The minimum absolute atomic E-state index is 0.0841. The Morgan fingerprint density at radius 2 is 1.92 bits per heavy atom. The van der Waals surface area contributed by atoms with Crippen LogP contribution in [0.5, 0.6) is 0 Å². The lowest BCUT2D eigenvalue weighted by molar-refractivity contribution is 0.630. The average Bonchev–Trinajstić information content (AvgIpc) is 1.82. The van der Waals surface area contributed by atoms with E-state index in [1.165, 1.54) is 0 Å². The highest BCUT2D eigenvalue weighted by molar-refractivity contribution is 5.37. The molecule has 1 rings (SSSR count). The van der Waals surface area contributed by atoms with Crippen LogP contribution in [0.3, 0.4) is 0 Å². The van der Waals surface area contributed by atoms with E-state index in [1.54, 1.807) is 0 Å². The summed E-state index contributed by atoms with van der Waals surface area (Å²) in [4.78, 5) is 4.35. The molecule has 0 saturated heterocycles. The second-order valence-corrected chi connectivity index (χ2v) is 4.04. The van der Waals surface area contributed by atoms with Crippen molar-refractivity contribution >= 4 is 5.82 Å². The molecule has 0 radical (unpaired) electrons. The van der Waals surface area contributed by atoms with E-state index < -0.39 is 0 Å². The fraction of sp³-hybridized carbons (Fsp3) is 0.500. The monoisotopic (exact) mass is 164 g/mol. The molecule has 1 N–H and O–H groups in total. The summed E-state index contributed by atoms with van der Waals surface area (Å²) in [5.74, 6) is 0.947. The Balaban J connectivity index is 2.77. The van der Waals surface area contributed by atoms with E-state index in [4.69, 9.17) is 0 Å². The van der Waals surface area contributed by atoms with Crippen LogP contribution in [0.15, 0.2) is 18.2 Å². The lowest BCUT2D eigenvalue weighted by Crippen LogP contribution is -2.26. The average molecular weight is 164 g/mol. The van der Waals surface area contributed by atoms with Gasteiger partial charge in [-0.15, -0.1) is 0 Å². The summed E-state index contributed by atoms with van der Waals surface area (Å²) < 4.78 is 0. The van der Waals surface area contributed by atoms with Gasteiger partial charge in [-0.25, -0.2) is 4.98 Å². The summed E-state index contributed by atoms with van der Waals surface area (Å²) >= 11 is 0. The van der Waals surface area contributed by atoms with Crippen molar-refractivity contribution in [1.82, 2.24) is 4.98 Å². The number of aromatic nitrogens is 1. The third-order valence-corrected chi connectivity index (χ3v) is 1.39. The summed E-state index contributed by atoms with van der Waals surface area (Å²) in [5.41, 5.74) is 1.13. The summed E-state index contributed by atoms with van der Waals surface area (Å²) in [5, 5.41) is 3.31. The van der Waals surface area contributed by atoms with Gasteiger partial charge < -0.3 is 5.32 Å². The van der Waals surface area contributed by atoms with Crippen LogP contribution in [0.1, 0.15) is 26.5 Å². The van der Waals surface area contributed by atoms with E-state index in [9.17, 15) is 0 Å². The molecule has 2 heteroatoms. The zero-order chi connectivity index (χ0) is 9.19. The zero-order valence-electron chi connectivity index (χ0n) is 8.18. The molecule has 0 amide bonds. The Morgan fingerprint density at radius 1 is 1.25 bits per heavy atom. The predicted octanol–water partition coefficient (Wildman–Crippen LogP) is 2.60. The molecule has 0 aliphatic heterocycles. The molecule has 0 aromatic carbocycles. The van der Waals surface area contributed by atoms with Gasteiger partial charge in [-0.1, -0.05) is 6.07 Å². The van der Waals surface area contributed by atoms with Gasteiger partial charge in [0.15, 0.2) is 0 Å². The quantitative estimate of drug-likeness (QED) is 0.690. The van der Waals surface area contributed by atoms with E-state index in [0.717, 1.165) is 11.5 Å². The molecule has 1 heterocycles. The van der Waals surface area contributed by atoms with Gasteiger partial charge in [0.2, 0.25) is 0 Å². The Morgan fingerprint density at radius 3 is 2.42 bits per heavy atom. The van der Waals surface area contributed by atoms with Crippen LogP contribution in [0, 0.1) is 6.92 Å². The summed E-state index contributed by atoms with van der Waals surface area (Å²) in [7, 11) is 0. The first-order valence-electron chi connectivity index (χ1n) is 4.19. The number of hydrogen-bond donors (Lipinski definition) is 1. The van der Waals surface area contributed by atoms with Crippen LogP contribution in [0.4, 0.5) is 5.82 Å². The highest BCUT2D eigenvalue weighted by Crippen LogP contribution is 2.11. The molecular weight excluding hydrogens is 148 g/mol. The third kappa shape index (κ3) is 2.91. The maximum absolute atomic E-state index is 4.35. The van der Waals surface area contributed by atoms with E-state index in [0.29, 0.717) is 0 Å². The molecule has 0 saturated carbocycles. The largest absolute Gasteiger partial charge is 0.365 e. The smallest absolute Gasteiger partial charge is 0.126 e. The molecular formula is C10H16N2. The second kappa shape index (κ2) is 3.13. The Bertz CT molecular complexity index is 261. The summed E-state index contributed by atoms with van der Waals surface area (Å²) in [6, 6.07) is 5.99. The Kier molecular flexibility index (Phi) is 2.36. The van der Waals surface area contributed by atoms with Crippen molar-refractivity contribution < 1.29 is 0 Å². The van der Waals surface area contributed by atoms with Crippen LogP contribution < -0.4 is 5.32 Å². The van der Waals surface area contributed by atoms with Crippen LogP contribution >= 0.6 is 0 Å². The van der Waals surface area contributed by atoms with Crippen molar-refractivity contribution in [2.24, 2.45) is 0 Å².